The fourth-order valence-electron chi connectivity index (χ4n) is 1.47. The zero-order chi connectivity index (χ0) is 11.7. The summed E-state index contributed by atoms with van der Waals surface area (Å²) in [4.78, 5) is 5.13. The maximum absolute atomic E-state index is 13.0. The van der Waals surface area contributed by atoms with Gasteiger partial charge in [0.2, 0.25) is 5.82 Å². The first kappa shape index (κ1) is 10.2. The summed E-state index contributed by atoms with van der Waals surface area (Å²) in [6, 6.07) is 9.92. The first-order valence-corrected chi connectivity index (χ1v) is 5.84. The molecular weight excluding hydrogens is 239 g/mol. The Morgan fingerprint density at radius 3 is 2.88 bits per heavy atom. The molecule has 0 spiro atoms. The van der Waals surface area contributed by atoms with Crippen molar-refractivity contribution in [3.8, 4) is 22.2 Å². The van der Waals surface area contributed by atoms with Crippen LogP contribution in [0.15, 0.2) is 46.3 Å². The third kappa shape index (κ3) is 1.97. The Kier molecular flexibility index (Phi) is 2.45. The van der Waals surface area contributed by atoms with E-state index in [0.717, 1.165) is 4.88 Å². The Balaban J connectivity index is 2.01. The van der Waals surface area contributed by atoms with Gasteiger partial charge in [0.15, 0.2) is 0 Å². The smallest absolute Gasteiger partial charge is 0.268 e. The van der Waals surface area contributed by atoms with Crippen LogP contribution in [-0.4, -0.2) is 10.1 Å². The second-order valence-corrected chi connectivity index (χ2v) is 4.36. The van der Waals surface area contributed by atoms with Crippen LogP contribution in [-0.2, 0) is 0 Å². The summed E-state index contributed by atoms with van der Waals surface area (Å²) in [7, 11) is 0. The van der Waals surface area contributed by atoms with E-state index in [4.69, 9.17) is 4.52 Å². The van der Waals surface area contributed by atoms with E-state index < -0.39 is 0 Å². The van der Waals surface area contributed by atoms with Crippen LogP contribution >= 0.6 is 11.3 Å². The standard InChI is InChI=1S/C12H7FN2OS/c13-9-4-1-3-8(7-9)11-14-12(16-15-11)10-5-2-6-17-10/h1-7H. The molecule has 0 amide bonds. The lowest BCUT2D eigenvalue weighted by molar-refractivity contribution is 0.433. The number of nitrogens with zero attached hydrogens (tertiary/aromatic N) is 2. The molecule has 0 saturated carbocycles. The highest BCUT2D eigenvalue weighted by Crippen LogP contribution is 2.25. The summed E-state index contributed by atoms with van der Waals surface area (Å²) in [5, 5.41) is 5.77. The van der Waals surface area contributed by atoms with Crippen LogP contribution in [0.5, 0.6) is 0 Å². The summed E-state index contributed by atoms with van der Waals surface area (Å²) in [6.45, 7) is 0. The van der Waals surface area contributed by atoms with E-state index in [2.05, 4.69) is 10.1 Å². The van der Waals surface area contributed by atoms with Crippen molar-refractivity contribution >= 4 is 11.3 Å². The molecule has 17 heavy (non-hydrogen) atoms. The number of hydrogen-bond donors (Lipinski definition) is 0. The summed E-state index contributed by atoms with van der Waals surface area (Å²) in [5.41, 5.74) is 0.608. The maximum Gasteiger partial charge on any atom is 0.268 e. The topological polar surface area (TPSA) is 38.9 Å². The van der Waals surface area contributed by atoms with Crippen molar-refractivity contribution < 1.29 is 8.91 Å². The van der Waals surface area contributed by atoms with Gasteiger partial charge in [-0.05, 0) is 23.6 Å². The van der Waals surface area contributed by atoms with Gasteiger partial charge in [0.05, 0.1) is 4.88 Å². The molecule has 0 saturated heterocycles. The van der Waals surface area contributed by atoms with Crippen LogP contribution in [0, 0.1) is 5.82 Å². The van der Waals surface area contributed by atoms with Crippen molar-refractivity contribution in [2.75, 3.05) is 0 Å². The van der Waals surface area contributed by atoms with Crippen LogP contribution in [0.3, 0.4) is 0 Å². The number of halogens is 1. The molecule has 2 heterocycles. The molecule has 5 heteroatoms. The molecule has 0 unspecified atom stereocenters. The largest absolute Gasteiger partial charge is 0.333 e. The van der Waals surface area contributed by atoms with Gasteiger partial charge in [-0.2, -0.15) is 4.98 Å². The minimum atomic E-state index is -0.315. The molecule has 3 aromatic rings. The molecular formula is C12H7FN2OS. The summed E-state index contributed by atoms with van der Waals surface area (Å²) >= 11 is 1.52. The van der Waals surface area contributed by atoms with Gasteiger partial charge in [-0.15, -0.1) is 11.3 Å². The molecule has 1 aromatic carbocycles. The first-order valence-electron chi connectivity index (χ1n) is 4.96. The average molecular weight is 246 g/mol. The third-order valence-corrected chi connectivity index (χ3v) is 3.10. The van der Waals surface area contributed by atoms with Crippen LogP contribution in [0.1, 0.15) is 0 Å². The van der Waals surface area contributed by atoms with Gasteiger partial charge >= 0.3 is 0 Å². The molecule has 84 valence electrons. The van der Waals surface area contributed by atoms with E-state index in [1.165, 1.54) is 23.5 Å². The maximum atomic E-state index is 13.0. The van der Waals surface area contributed by atoms with Crippen molar-refractivity contribution in [2.24, 2.45) is 0 Å². The normalized spacial score (nSPS) is 10.6. The van der Waals surface area contributed by atoms with Crippen molar-refractivity contribution in [3.05, 3.63) is 47.6 Å². The van der Waals surface area contributed by atoms with Gasteiger partial charge in [-0.25, -0.2) is 4.39 Å². The van der Waals surface area contributed by atoms with Gasteiger partial charge in [0.1, 0.15) is 5.82 Å². The zero-order valence-corrected chi connectivity index (χ0v) is 9.45. The number of rotatable bonds is 2. The average Bonchev–Trinajstić information content (AvgIpc) is 3.00. The highest BCUT2D eigenvalue weighted by atomic mass is 32.1. The fourth-order valence-corrected chi connectivity index (χ4v) is 2.11. The van der Waals surface area contributed by atoms with Crippen molar-refractivity contribution in [1.82, 2.24) is 10.1 Å². The number of thiophene rings is 1. The van der Waals surface area contributed by atoms with Crippen molar-refractivity contribution in [1.29, 1.82) is 0 Å². The lowest BCUT2D eigenvalue weighted by Crippen LogP contribution is -1.81. The number of hydrogen-bond acceptors (Lipinski definition) is 4. The Hall–Kier alpha value is -2.01. The first-order chi connectivity index (χ1) is 8.33. The molecule has 0 N–H and O–H groups in total. The summed E-state index contributed by atoms with van der Waals surface area (Å²) in [6.07, 6.45) is 0. The Morgan fingerprint density at radius 1 is 1.18 bits per heavy atom. The molecule has 3 nitrogen and oxygen atoms in total. The minimum absolute atomic E-state index is 0.315. The van der Waals surface area contributed by atoms with Crippen LogP contribution < -0.4 is 0 Å². The molecule has 0 aliphatic heterocycles. The minimum Gasteiger partial charge on any atom is -0.333 e. The number of aromatic nitrogens is 2. The van der Waals surface area contributed by atoms with Crippen LogP contribution in [0.25, 0.3) is 22.2 Å². The third-order valence-electron chi connectivity index (χ3n) is 2.24. The van der Waals surface area contributed by atoms with E-state index >= 15 is 0 Å². The summed E-state index contributed by atoms with van der Waals surface area (Å²) in [5.74, 6) is 0.539. The Morgan fingerprint density at radius 2 is 2.12 bits per heavy atom. The predicted molar refractivity (Wildman–Crippen MR) is 63.0 cm³/mol. The lowest BCUT2D eigenvalue weighted by atomic mass is 10.2. The molecule has 0 aliphatic rings. The molecule has 0 bridgehead atoms. The van der Waals surface area contributed by atoms with Gasteiger partial charge in [-0.3, -0.25) is 0 Å². The van der Waals surface area contributed by atoms with Crippen molar-refractivity contribution in [3.63, 3.8) is 0 Å². The van der Waals surface area contributed by atoms with Crippen LogP contribution in [0.4, 0.5) is 4.39 Å². The van der Waals surface area contributed by atoms with Gasteiger partial charge in [0, 0.05) is 5.56 Å². The zero-order valence-electron chi connectivity index (χ0n) is 8.63. The lowest BCUT2D eigenvalue weighted by Gasteiger charge is -1.92. The molecule has 3 rings (SSSR count). The predicted octanol–water partition coefficient (Wildman–Crippen LogP) is 3.60. The van der Waals surface area contributed by atoms with Gasteiger partial charge in [-0.1, -0.05) is 23.4 Å². The van der Waals surface area contributed by atoms with Crippen molar-refractivity contribution in [2.45, 2.75) is 0 Å². The number of benzene rings is 1. The van der Waals surface area contributed by atoms with E-state index in [1.807, 2.05) is 17.5 Å². The molecule has 0 fully saturated rings. The summed E-state index contributed by atoms with van der Waals surface area (Å²) < 4.78 is 18.2. The van der Waals surface area contributed by atoms with E-state index in [0.29, 0.717) is 17.3 Å². The molecule has 0 atom stereocenters. The van der Waals surface area contributed by atoms with Crippen LogP contribution in [0.2, 0.25) is 0 Å². The van der Waals surface area contributed by atoms with E-state index in [9.17, 15) is 4.39 Å². The second-order valence-electron chi connectivity index (χ2n) is 3.41. The quantitative estimate of drug-likeness (QED) is 0.693. The second kappa shape index (κ2) is 4.10. The van der Waals surface area contributed by atoms with E-state index in [-0.39, 0.29) is 5.82 Å². The highest BCUT2D eigenvalue weighted by Gasteiger charge is 2.11. The Labute approximate surface area is 101 Å². The fraction of sp³-hybridized carbons (Fsp3) is 0. The Bertz CT molecular complexity index is 634. The SMILES string of the molecule is Fc1cccc(-c2noc(-c3cccs3)n2)c1. The molecule has 2 aromatic heterocycles. The molecule has 0 aliphatic carbocycles. The molecule has 0 radical (unpaired) electrons. The van der Waals surface area contributed by atoms with E-state index in [1.54, 1.807) is 12.1 Å². The monoisotopic (exact) mass is 246 g/mol. The van der Waals surface area contributed by atoms with Gasteiger partial charge < -0.3 is 4.52 Å². The van der Waals surface area contributed by atoms with Gasteiger partial charge in [0.25, 0.3) is 5.89 Å². The highest BCUT2D eigenvalue weighted by molar-refractivity contribution is 7.13.